The van der Waals surface area contributed by atoms with Crippen LogP contribution in [0.2, 0.25) is 0 Å². The van der Waals surface area contributed by atoms with Gasteiger partial charge in [-0.25, -0.2) is 0 Å². The van der Waals surface area contributed by atoms with Crippen LogP contribution in [0.3, 0.4) is 0 Å². The molecule has 2 aromatic rings. The summed E-state index contributed by atoms with van der Waals surface area (Å²) in [4.78, 5) is 16.6. The molecule has 1 aromatic carbocycles. The molecule has 1 amide bonds. The van der Waals surface area contributed by atoms with Crippen LogP contribution < -0.4 is 10.1 Å². The van der Waals surface area contributed by atoms with E-state index in [1.165, 1.54) is 0 Å². The summed E-state index contributed by atoms with van der Waals surface area (Å²) in [6.07, 6.45) is 2.38. The molecule has 0 radical (unpaired) electrons. The summed E-state index contributed by atoms with van der Waals surface area (Å²) in [5.41, 5.74) is 2.99. The first-order valence-electron chi connectivity index (χ1n) is 7.57. The minimum atomic E-state index is -0.242. The van der Waals surface area contributed by atoms with E-state index in [1.807, 2.05) is 38.1 Å². The molecule has 0 spiro atoms. The van der Waals surface area contributed by atoms with Gasteiger partial charge in [0.05, 0.1) is 6.61 Å². The van der Waals surface area contributed by atoms with Crippen molar-refractivity contribution in [3.63, 3.8) is 0 Å². The number of ether oxygens (including phenoxy) is 2. The molecule has 23 heavy (non-hydrogen) atoms. The molecule has 1 heterocycles. The van der Waals surface area contributed by atoms with Gasteiger partial charge < -0.3 is 14.8 Å². The normalized spacial score (nSPS) is 10.4. The Morgan fingerprint density at radius 3 is 2.57 bits per heavy atom. The van der Waals surface area contributed by atoms with Crippen LogP contribution in [0, 0.1) is 13.8 Å². The first kappa shape index (κ1) is 17.0. The van der Waals surface area contributed by atoms with Gasteiger partial charge in [0.2, 0.25) is 0 Å². The van der Waals surface area contributed by atoms with E-state index in [2.05, 4.69) is 10.3 Å². The van der Waals surface area contributed by atoms with E-state index in [4.69, 9.17) is 9.47 Å². The van der Waals surface area contributed by atoms with E-state index in [0.717, 1.165) is 23.2 Å². The van der Waals surface area contributed by atoms with Gasteiger partial charge in [-0.05, 0) is 32.0 Å². The SMILES string of the molecule is COCCCOc1ccnc(C(=O)Nc2ccc(C)cc2)c1C. The number of nitrogens with one attached hydrogen (secondary N) is 1. The van der Waals surface area contributed by atoms with Gasteiger partial charge in [-0.15, -0.1) is 0 Å². The molecule has 0 saturated carbocycles. The second-order valence-corrected chi connectivity index (χ2v) is 5.30. The van der Waals surface area contributed by atoms with Crippen molar-refractivity contribution in [1.82, 2.24) is 4.98 Å². The molecule has 0 atom stereocenters. The number of carbonyl (C=O) groups excluding carboxylic acids is 1. The number of methoxy groups -OCH3 is 1. The Balaban J connectivity index is 2.06. The average molecular weight is 314 g/mol. The summed E-state index contributed by atoms with van der Waals surface area (Å²) in [6.45, 7) is 5.02. The number of amides is 1. The molecule has 0 aliphatic rings. The van der Waals surface area contributed by atoms with Gasteiger partial charge in [0.15, 0.2) is 0 Å². The van der Waals surface area contributed by atoms with Crippen LogP contribution in [0.5, 0.6) is 5.75 Å². The van der Waals surface area contributed by atoms with Gasteiger partial charge in [0.1, 0.15) is 11.4 Å². The van der Waals surface area contributed by atoms with Crippen LogP contribution in [0.15, 0.2) is 36.5 Å². The van der Waals surface area contributed by atoms with Crippen molar-refractivity contribution in [3.8, 4) is 5.75 Å². The summed E-state index contributed by atoms with van der Waals surface area (Å²) in [7, 11) is 1.66. The van der Waals surface area contributed by atoms with Crippen molar-refractivity contribution in [3.05, 3.63) is 53.3 Å². The number of anilines is 1. The number of rotatable bonds is 7. The largest absolute Gasteiger partial charge is 0.493 e. The standard InChI is InChI=1S/C18H22N2O3/c1-13-5-7-15(8-6-13)20-18(21)17-14(2)16(9-10-19-17)23-12-4-11-22-3/h5-10H,4,11-12H2,1-3H3,(H,20,21). The Bertz CT molecular complexity index is 654. The lowest BCUT2D eigenvalue weighted by atomic mass is 10.1. The maximum atomic E-state index is 12.4. The number of benzene rings is 1. The molecular formula is C18H22N2O3. The Morgan fingerprint density at radius 2 is 1.87 bits per heavy atom. The van der Waals surface area contributed by atoms with E-state index in [1.54, 1.807) is 19.4 Å². The number of hydrogen-bond acceptors (Lipinski definition) is 4. The van der Waals surface area contributed by atoms with Crippen LogP contribution in [-0.4, -0.2) is 31.2 Å². The molecule has 0 unspecified atom stereocenters. The van der Waals surface area contributed by atoms with Crippen LogP contribution in [0.4, 0.5) is 5.69 Å². The molecule has 5 heteroatoms. The van der Waals surface area contributed by atoms with E-state index >= 15 is 0 Å². The van der Waals surface area contributed by atoms with E-state index in [-0.39, 0.29) is 5.91 Å². The summed E-state index contributed by atoms with van der Waals surface area (Å²) in [6, 6.07) is 9.41. The van der Waals surface area contributed by atoms with Crippen molar-refractivity contribution in [1.29, 1.82) is 0 Å². The van der Waals surface area contributed by atoms with Crippen molar-refractivity contribution in [2.75, 3.05) is 25.6 Å². The van der Waals surface area contributed by atoms with Crippen molar-refractivity contribution in [2.24, 2.45) is 0 Å². The Morgan fingerprint density at radius 1 is 1.13 bits per heavy atom. The van der Waals surface area contributed by atoms with Crippen molar-refractivity contribution in [2.45, 2.75) is 20.3 Å². The minimum absolute atomic E-state index is 0.242. The quantitative estimate of drug-likeness (QED) is 0.796. The maximum absolute atomic E-state index is 12.4. The monoisotopic (exact) mass is 314 g/mol. The number of aromatic nitrogens is 1. The third kappa shape index (κ3) is 4.79. The molecule has 0 fully saturated rings. The van der Waals surface area contributed by atoms with Gasteiger partial charge in [-0.2, -0.15) is 0 Å². The third-order valence-corrected chi connectivity index (χ3v) is 3.43. The average Bonchev–Trinajstić information content (AvgIpc) is 2.55. The highest BCUT2D eigenvalue weighted by molar-refractivity contribution is 6.04. The molecular weight excluding hydrogens is 292 g/mol. The van der Waals surface area contributed by atoms with Crippen molar-refractivity contribution >= 4 is 11.6 Å². The Labute approximate surface area is 136 Å². The zero-order valence-corrected chi connectivity index (χ0v) is 13.8. The van der Waals surface area contributed by atoms with Crippen LogP contribution in [0.25, 0.3) is 0 Å². The zero-order chi connectivity index (χ0) is 16.7. The summed E-state index contributed by atoms with van der Waals surface area (Å²) in [5, 5.41) is 2.85. The van der Waals surface area contributed by atoms with Crippen molar-refractivity contribution < 1.29 is 14.3 Å². The predicted molar refractivity (Wildman–Crippen MR) is 90.1 cm³/mol. The molecule has 2 rings (SSSR count). The van der Waals surface area contributed by atoms with Crippen LogP contribution in [-0.2, 0) is 4.74 Å². The topological polar surface area (TPSA) is 60.5 Å². The smallest absolute Gasteiger partial charge is 0.274 e. The number of pyridine rings is 1. The summed E-state index contributed by atoms with van der Waals surface area (Å²) >= 11 is 0. The van der Waals surface area contributed by atoms with Gasteiger partial charge >= 0.3 is 0 Å². The van der Waals surface area contributed by atoms with Crippen LogP contribution >= 0.6 is 0 Å². The molecule has 0 aliphatic heterocycles. The Kier molecular flexibility index (Phi) is 6.11. The minimum Gasteiger partial charge on any atom is -0.493 e. The molecule has 0 saturated heterocycles. The summed E-state index contributed by atoms with van der Waals surface area (Å²) < 4.78 is 10.7. The van der Waals surface area contributed by atoms with E-state index in [0.29, 0.717) is 24.7 Å². The fraction of sp³-hybridized carbons (Fsp3) is 0.333. The van der Waals surface area contributed by atoms with E-state index < -0.39 is 0 Å². The number of carbonyl (C=O) groups is 1. The third-order valence-electron chi connectivity index (χ3n) is 3.43. The van der Waals surface area contributed by atoms with Gasteiger partial charge in [0, 0.05) is 37.6 Å². The predicted octanol–water partition coefficient (Wildman–Crippen LogP) is 3.37. The highest BCUT2D eigenvalue weighted by Gasteiger charge is 2.14. The second kappa shape index (κ2) is 8.29. The molecule has 122 valence electrons. The lowest BCUT2D eigenvalue weighted by Crippen LogP contribution is -2.16. The lowest BCUT2D eigenvalue weighted by molar-refractivity contribution is 0.102. The lowest BCUT2D eigenvalue weighted by Gasteiger charge is -2.12. The summed E-state index contributed by atoms with van der Waals surface area (Å²) in [5.74, 6) is 0.429. The number of nitrogens with zero attached hydrogens (tertiary/aromatic N) is 1. The van der Waals surface area contributed by atoms with Crippen LogP contribution in [0.1, 0.15) is 28.0 Å². The van der Waals surface area contributed by atoms with Gasteiger partial charge in [-0.1, -0.05) is 17.7 Å². The molecule has 5 nitrogen and oxygen atoms in total. The first-order chi connectivity index (χ1) is 11.1. The fourth-order valence-electron chi connectivity index (χ4n) is 2.12. The molecule has 0 aliphatic carbocycles. The highest BCUT2D eigenvalue weighted by Crippen LogP contribution is 2.21. The maximum Gasteiger partial charge on any atom is 0.274 e. The van der Waals surface area contributed by atoms with Gasteiger partial charge in [0.25, 0.3) is 5.91 Å². The zero-order valence-electron chi connectivity index (χ0n) is 13.8. The molecule has 0 bridgehead atoms. The number of aryl methyl sites for hydroxylation is 1. The first-order valence-corrected chi connectivity index (χ1v) is 7.57. The van der Waals surface area contributed by atoms with E-state index in [9.17, 15) is 4.79 Å². The second-order valence-electron chi connectivity index (χ2n) is 5.30. The highest BCUT2D eigenvalue weighted by atomic mass is 16.5. The Hall–Kier alpha value is -2.40. The number of hydrogen-bond donors (Lipinski definition) is 1. The molecule has 1 aromatic heterocycles. The van der Waals surface area contributed by atoms with Gasteiger partial charge in [-0.3, -0.25) is 9.78 Å². The fourth-order valence-corrected chi connectivity index (χ4v) is 2.12. The molecule has 1 N–H and O–H groups in total.